The second-order valence-electron chi connectivity index (χ2n) is 6.10. The molecule has 2 aliphatic rings. The van der Waals surface area contributed by atoms with Crippen molar-refractivity contribution in [3.63, 3.8) is 0 Å². The Bertz CT molecular complexity index is 484. The Hall–Kier alpha value is -1.46. The lowest BCUT2D eigenvalue weighted by molar-refractivity contribution is -0.131. The molecule has 0 aliphatic carbocycles. The van der Waals surface area contributed by atoms with Crippen LogP contribution in [0.3, 0.4) is 0 Å². The van der Waals surface area contributed by atoms with Gasteiger partial charge in [-0.05, 0) is 25.0 Å². The predicted octanol–water partition coefficient (Wildman–Crippen LogP) is 0.991. The number of carbonyl (C=O) groups is 1. The van der Waals surface area contributed by atoms with Gasteiger partial charge in [-0.25, -0.2) is 0 Å². The molecule has 5 heteroatoms. The zero-order valence-corrected chi connectivity index (χ0v) is 12.9. The van der Waals surface area contributed by atoms with Crippen LogP contribution in [0.15, 0.2) is 24.5 Å². The van der Waals surface area contributed by atoms with Crippen LogP contribution in [0.1, 0.15) is 24.9 Å². The summed E-state index contributed by atoms with van der Waals surface area (Å²) in [6.45, 7) is 7.13. The predicted molar refractivity (Wildman–Crippen MR) is 81.8 cm³/mol. The monoisotopic (exact) mass is 288 g/mol. The number of rotatable bonds is 3. The quantitative estimate of drug-likeness (QED) is 0.831. The molecular weight excluding hydrogens is 264 g/mol. The van der Waals surface area contributed by atoms with Gasteiger partial charge in [0.2, 0.25) is 5.91 Å². The van der Waals surface area contributed by atoms with Gasteiger partial charge in [-0.1, -0.05) is 6.07 Å². The number of amides is 1. The molecule has 0 unspecified atom stereocenters. The van der Waals surface area contributed by atoms with E-state index in [2.05, 4.69) is 27.8 Å². The molecule has 1 amide bonds. The first-order valence-electron chi connectivity index (χ1n) is 7.80. The van der Waals surface area contributed by atoms with Crippen molar-refractivity contribution in [3.8, 4) is 0 Å². The summed E-state index contributed by atoms with van der Waals surface area (Å²) in [5.74, 6) is 0.295. The fourth-order valence-electron chi connectivity index (χ4n) is 3.41. The molecule has 2 atom stereocenters. The SMILES string of the molecule is C[C@@H](c1cccnc1)N1CCN([C@H]2CCN(C)C2=O)CC1. The van der Waals surface area contributed by atoms with Crippen LogP contribution in [0.4, 0.5) is 0 Å². The molecule has 3 heterocycles. The van der Waals surface area contributed by atoms with Crippen LogP contribution >= 0.6 is 0 Å². The second kappa shape index (κ2) is 6.12. The summed E-state index contributed by atoms with van der Waals surface area (Å²) in [5, 5.41) is 0. The molecule has 5 nitrogen and oxygen atoms in total. The van der Waals surface area contributed by atoms with Crippen molar-refractivity contribution in [2.45, 2.75) is 25.4 Å². The van der Waals surface area contributed by atoms with Crippen LogP contribution in [-0.4, -0.2) is 71.4 Å². The van der Waals surface area contributed by atoms with E-state index in [1.54, 1.807) is 0 Å². The Kier molecular flexibility index (Phi) is 4.22. The minimum Gasteiger partial charge on any atom is -0.344 e. The standard InChI is InChI=1S/C16H24N4O/c1-13(14-4-3-6-17-12-14)19-8-10-20(11-9-19)15-5-7-18(2)16(15)21/h3-4,6,12-13,15H,5,7-11H2,1-2H3/t13-,15-/m0/s1. The lowest BCUT2D eigenvalue weighted by Crippen LogP contribution is -2.52. The van der Waals surface area contributed by atoms with Crippen molar-refractivity contribution in [3.05, 3.63) is 30.1 Å². The minimum absolute atomic E-state index is 0.117. The maximum atomic E-state index is 12.1. The Morgan fingerprint density at radius 1 is 1.24 bits per heavy atom. The minimum atomic E-state index is 0.117. The molecule has 0 aromatic carbocycles. The highest BCUT2D eigenvalue weighted by molar-refractivity contribution is 5.83. The molecule has 0 spiro atoms. The first-order valence-corrected chi connectivity index (χ1v) is 7.80. The second-order valence-corrected chi connectivity index (χ2v) is 6.10. The molecule has 0 saturated carbocycles. The van der Waals surface area contributed by atoms with Gasteiger partial charge in [0.15, 0.2) is 0 Å². The molecule has 21 heavy (non-hydrogen) atoms. The van der Waals surface area contributed by atoms with E-state index in [9.17, 15) is 4.79 Å². The summed E-state index contributed by atoms with van der Waals surface area (Å²) in [6, 6.07) is 4.64. The topological polar surface area (TPSA) is 39.7 Å². The van der Waals surface area contributed by atoms with E-state index in [1.165, 1.54) is 5.56 Å². The molecule has 0 radical (unpaired) electrons. The zero-order valence-electron chi connectivity index (χ0n) is 12.9. The zero-order chi connectivity index (χ0) is 14.8. The van der Waals surface area contributed by atoms with Crippen LogP contribution in [0.25, 0.3) is 0 Å². The third kappa shape index (κ3) is 2.94. The Labute approximate surface area is 126 Å². The molecular formula is C16H24N4O. The number of piperazine rings is 1. The summed E-state index contributed by atoms with van der Waals surface area (Å²) < 4.78 is 0. The summed E-state index contributed by atoms with van der Waals surface area (Å²) >= 11 is 0. The maximum absolute atomic E-state index is 12.1. The van der Waals surface area contributed by atoms with Crippen molar-refractivity contribution in [1.29, 1.82) is 0 Å². The van der Waals surface area contributed by atoms with E-state index < -0.39 is 0 Å². The molecule has 0 N–H and O–H groups in total. The first-order chi connectivity index (χ1) is 10.2. The van der Waals surface area contributed by atoms with E-state index in [-0.39, 0.29) is 6.04 Å². The van der Waals surface area contributed by atoms with Gasteiger partial charge in [0.1, 0.15) is 0 Å². The van der Waals surface area contributed by atoms with Crippen molar-refractivity contribution < 1.29 is 4.79 Å². The van der Waals surface area contributed by atoms with Gasteiger partial charge in [0, 0.05) is 58.2 Å². The van der Waals surface area contributed by atoms with Crippen LogP contribution in [0.2, 0.25) is 0 Å². The number of hydrogen-bond acceptors (Lipinski definition) is 4. The molecule has 0 bridgehead atoms. The van der Waals surface area contributed by atoms with E-state index in [4.69, 9.17) is 0 Å². The van der Waals surface area contributed by atoms with Gasteiger partial charge in [0.05, 0.1) is 6.04 Å². The average Bonchev–Trinajstić information content (AvgIpc) is 2.87. The van der Waals surface area contributed by atoms with Crippen LogP contribution in [-0.2, 0) is 4.79 Å². The third-order valence-electron chi connectivity index (χ3n) is 4.90. The molecule has 2 aliphatic heterocycles. The van der Waals surface area contributed by atoms with Crippen LogP contribution < -0.4 is 0 Å². The van der Waals surface area contributed by atoms with Gasteiger partial charge < -0.3 is 4.90 Å². The first kappa shape index (κ1) is 14.5. The number of pyridine rings is 1. The van der Waals surface area contributed by atoms with E-state index in [0.29, 0.717) is 11.9 Å². The molecule has 1 aromatic rings. The van der Waals surface area contributed by atoms with Crippen molar-refractivity contribution in [1.82, 2.24) is 19.7 Å². The number of likely N-dealkylation sites (tertiary alicyclic amines) is 1. The highest BCUT2D eigenvalue weighted by Crippen LogP contribution is 2.23. The van der Waals surface area contributed by atoms with Gasteiger partial charge >= 0.3 is 0 Å². The van der Waals surface area contributed by atoms with Crippen LogP contribution in [0.5, 0.6) is 0 Å². The van der Waals surface area contributed by atoms with E-state index in [0.717, 1.165) is 39.1 Å². The fraction of sp³-hybridized carbons (Fsp3) is 0.625. The van der Waals surface area contributed by atoms with Crippen molar-refractivity contribution in [2.24, 2.45) is 0 Å². The summed E-state index contributed by atoms with van der Waals surface area (Å²) in [6.07, 6.45) is 4.75. The van der Waals surface area contributed by atoms with E-state index >= 15 is 0 Å². The lowest BCUT2D eigenvalue weighted by Gasteiger charge is -2.40. The fourth-order valence-corrected chi connectivity index (χ4v) is 3.41. The highest BCUT2D eigenvalue weighted by Gasteiger charge is 2.35. The summed E-state index contributed by atoms with van der Waals surface area (Å²) in [4.78, 5) is 23.0. The number of aromatic nitrogens is 1. The largest absolute Gasteiger partial charge is 0.344 e. The Morgan fingerprint density at radius 3 is 2.57 bits per heavy atom. The molecule has 2 saturated heterocycles. The molecule has 2 fully saturated rings. The van der Waals surface area contributed by atoms with Gasteiger partial charge in [-0.2, -0.15) is 0 Å². The van der Waals surface area contributed by atoms with Gasteiger partial charge in [-0.15, -0.1) is 0 Å². The number of hydrogen-bond donors (Lipinski definition) is 0. The molecule has 1 aromatic heterocycles. The maximum Gasteiger partial charge on any atom is 0.239 e. The smallest absolute Gasteiger partial charge is 0.239 e. The lowest BCUT2D eigenvalue weighted by atomic mass is 10.1. The van der Waals surface area contributed by atoms with Crippen LogP contribution in [0, 0.1) is 0 Å². The van der Waals surface area contributed by atoms with Crippen molar-refractivity contribution >= 4 is 5.91 Å². The van der Waals surface area contributed by atoms with Gasteiger partial charge in [0.25, 0.3) is 0 Å². The highest BCUT2D eigenvalue weighted by atomic mass is 16.2. The average molecular weight is 288 g/mol. The normalized spacial score (nSPS) is 26.3. The summed E-state index contributed by atoms with van der Waals surface area (Å²) in [5.41, 5.74) is 1.27. The number of likely N-dealkylation sites (N-methyl/N-ethyl adjacent to an activating group) is 1. The molecule has 114 valence electrons. The van der Waals surface area contributed by atoms with Gasteiger partial charge in [-0.3, -0.25) is 19.6 Å². The number of nitrogens with zero attached hydrogens (tertiary/aromatic N) is 4. The third-order valence-corrected chi connectivity index (χ3v) is 4.90. The summed E-state index contributed by atoms with van der Waals surface area (Å²) in [7, 11) is 1.91. The molecule has 3 rings (SSSR count). The van der Waals surface area contributed by atoms with Crippen molar-refractivity contribution in [2.75, 3.05) is 39.8 Å². The Balaban J connectivity index is 1.57. The number of carbonyl (C=O) groups excluding carboxylic acids is 1. The Morgan fingerprint density at radius 2 is 2.00 bits per heavy atom. The van der Waals surface area contributed by atoms with E-state index in [1.807, 2.05) is 30.4 Å².